The van der Waals surface area contributed by atoms with Gasteiger partial charge in [-0.05, 0) is 79.5 Å². The number of unbranched alkanes of at least 4 members (excludes halogenated alkanes) is 1. The smallest absolute Gasteiger partial charge is 0.426 e. The maximum Gasteiger partial charge on any atom is 0.426 e. The highest BCUT2D eigenvalue weighted by molar-refractivity contribution is 5.33. The highest BCUT2D eigenvalue weighted by Gasteiger charge is 2.35. The summed E-state index contributed by atoms with van der Waals surface area (Å²) < 4.78 is 62.4. The number of rotatable bonds is 9. The molecule has 30 heavy (non-hydrogen) atoms. The van der Waals surface area contributed by atoms with Crippen molar-refractivity contribution in [1.82, 2.24) is 0 Å². The first-order chi connectivity index (χ1) is 14.4. The molecule has 3 rings (SSSR count). The lowest BCUT2D eigenvalue weighted by atomic mass is 9.77. The van der Waals surface area contributed by atoms with Crippen LogP contribution in [0.15, 0.2) is 48.5 Å². The average Bonchev–Trinajstić information content (AvgIpc) is 2.73. The zero-order chi connectivity index (χ0) is 21.6. The van der Waals surface area contributed by atoms with Gasteiger partial charge in [0, 0.05) is 0 Å². The van der Waals surface area contributed by atoms with Crippen molar-refractivity contribution >= 4 is 0 Å². The van der Waals surface area contributed by atoms with Crippen molar-refractivity contribution in [2.45, 2.75) is 70.5 Å². The minimum absolute atomic E-state index is 0.116. The summed E-state index contributed by atoms with van der Waals surface area (Å²) in [7, 11) is 0. The van der Waals surface area contributed by atoms with E-state index in [1.54, 1.807) is 12.1 Å². The quantitative estimate of drug-likeness (QED) is 0.381. The zero-order valence-electron chi connectivity index (χ0n) is 17.1. The first kappa shape index (κ1) is 22.4. The highest BCUT2D eigenvalue weighted by atomic mass is 19.3. The van der Waals surface area contributed by atoms with Gasteiger partial charge in [-0.1, -0.05) is 38.3 Å². The Morgan fingerprint density at radius 1 is 0.900 bits per heavy atom. The van der Waals surface area contributed by atoms with E-state index in [1.165, 1.54) is 56.4 Å². The van der Waals surface area contributed by atoms with E-state index < -0.39 is 12.7 Å². The molecule has 0 aromatic heterocycles. The van der Waals surface area contributed by atoms with Crippen molar-refractivity contribution in [3.63, 3.8) is 0 Å². The molecule has 1 saturated carbocycles. The van der Waals surface area contributed by atoms with Crippen LogP contribution < -0.4 is 9.47 Å². The van der Waals surface area contributed by atoms with E-state index in [1.807, 2.05) is 0 Å². The van der Waals surface area contributed by atoms with Crippen molar-refractivity contribution in [2.75, 3.05) is 0 Å². The Morgan fingerprint density at radius 3 is 2.07 bits per heavy atom. The lowest BCUT2D eigenvalue weighted by Crippen LogP contribution is -2.22. The summed E-state index contributed by atoms with van der Waals surface area (Å²) in [4.78, 5) is 0. The van der Waals surface area contributed by atoms with Gasteiger partial charge in [0.2, 0.25) is 0 Å². The largest absolute Gasteiger partial charge is 0.435 e. The molecule has 0 aliphatic heterocycles. The van der Waals surface area contributed by atoms with Crippen molar-refractivity contribution in [1.29, 1.82) is 0 Å². The molecule has 0 heterocycles. The predicted molar refractivity (Wildman–Crippen MR) is 108 cm³/mol. The number of benzene rings is 2. The topological polar surface area (TPSA) is 18.5 Å². The normalized spacial score (nSPS) is 19.7. The SMILES string of the molecule is CCCC[C@H]1CC[C@H](c2ccc(C(F)(F)Oc3ccc(OC(F)F)cc3)cc2)CC1. The number of hydrogen-bond acceptors (Lipinski definition) is 2. The van der Waals surface area contributed by atoms with Crippen molar-refractivity contribution in [3.8, 4) is 11.5 Å². The Bertz CT molecular complexity index is 767. The third-order valence-corrected chi connectivity index (χ3v) is 5.83. The van der Waals surface area contributed by atoms with Crippen LogP contribution in [0, 0.1) is 5.92 Å². The molecule has 2 nitrogen and oxygen atoms in total. The second-order valence-electron chi connectivity index (χ2n) is 7.95. The molecule has 0 spiro atoms. The molecule has 0 bridgehead atoms. The first-order valence-corrected chi connectivity index (χ1v) is 10.6. The van der Waals surface area contributed by atoms with Crippen molar-refractivity contribution in [3.05, 3.63) is 59.7 Å². The van der Waals surface area contributed by atoms with Crippen LogP contribution >= 0.6 is 0 Å². The van der Waals surface area contributed by atoms with E-state index in [0.717, 1.165) is 36.5 Å². The van der Waals surface area contributed by atoms with E-state index in [2.05, 4.69) is 11.7 Å². The maximum atomic E-state index is 14.5. The number of halogens is 4. The van der Waals surface area contributed by atoms with Gasteiger partial charge in [0.1, 0.15) is 11.5 Å². The van der Waals surface area contributed by atoms with Crippen molar-refractivity contribution < 1.29 is 27.0 Å². The van der Waals surface area contributed by atoms with Gasteiger partial charge in [0.05, 0.1) is 5.56 Å². The maximum absolute atomic E-state index is 14.5. The number of hydrogen-bond donors (Lipinski definition) is 0. The standard InChI is InChI=1S/C24H28F4O2/c1-2-3-4-17-5-7-18(8-6-17)19-9-11-20(12-10-19)24(27,28)30-22-15-13-21(14-16-22)29-23(25)26/h9-18,23H,2-8H2,1H3/t17-,18-. The zero-order valence-corrected chi connectivity index (χ0v) is 17.1. The van der Waals surface area contributed by atoms with E-state index in [-0.39, 0.29) is 17.1 Å². The van der Waals surface area contributed by atoms with E-state index in [9.17, 15) is 17.6 Å². The van der Waals surface area contributed by atoms with Crippen LogP contribution in [-0.2, 0) is 6.11 Å². The molecular formula is C24H28F4O2. The minimum Gasteiger partial charge on any atom is -0.435 e. The van der Waals surface area contributed by atoms with Crippen LogP contribution in [0.5, 0.6) is 11.5 Å². The van der Waals surface area contributed by atoms with Crippen molar-refractivity contribution in [2.24, 2.45) is 5.92 Å². The second-order valence-corrected chi connectivity index (χ2v) is 7.95. The number of alkyl halides is 4. The predicted octanol–water partition coefficient (Wildman–Crippen LogP) is 7.88. The summed E-state index contributed by atoms with van der Waals surface area (Å²) in [5.41, 5.74) is 0.854. The molecule has 2 aromatic rings. The molecule has 1 aliphatic rings. The lowest BCUT2D eigenvalue weighted by Gasteiger charge is -2.29. The molecule has 0 amide bonds. The van der Waals surface area contributed by atoms with Crippen LogP contribution in [0.25, 0.3) is 0 Å². The Labute approximate surface area is 175 Å². The molecule has 0 saturated heterocycles. The molecule has 0 N–H and O–H groups in total. The Kier molecular flexibility index (Phi) is 7.62. The Morgan fingerprint density at radius 2 is 1.50 bits per heavy atom. The van der Waals surface area contributed by atoms with Crippen LogP contribution in [0.1, 0.15) is 68.9 Å². The average molecular weight is 424 g/mol. The van der Waals surface area contributed by atoms with Crippen LogP contribution in [0.4, 0.5) is 17.6 Å². The molecule has 1 aliphatic carbocycles. The molecule has 1 fully saturated rings. The summed E-state index contributed by atoms with van der Waals surface area (Å²) in [6.07, 6.45) is 4.89. The summed E-state index contributed by atoms with van der Waals surface area (Å²) in [6, 6.07) is 11.0. The van der Waals surface area contributed by atoms with E-state index in [0.29, 0.717) is 5.92 Å². The third-order valence-electron chi connectivity index (χ3n) is 5.83. The van der Waals surface area contributed by atoms with Gasteiger partial charge < -0.3 is 9.47 Å². The van der Waals surface area contributed by atoms with Gasteiger partial charge in [-0.2, -0.15) is 17.6 Å². The molecule has 0 radical (unpaired) electrons. The molecule has 0 atom stereocenters. The second kappa shape index (κ2) is 10.2. The highest BCUT2D eigenvalue weighted by Crippen LogP contribution is 2.39. The Balaban J connectivity index is 1.58. The molecule has 164 valence electrons. The van der Waals surface area contributed by atoms with Gasteiger partial charge in [0.25, 0.3) is 0 Å². The molecule has 2 aromatic carbocycles. The lowest BCUT2D eigenvalue weighted by molar-refractivity contribution is -0.185. The summed E-state index contributed by atoms with van der Waals surface area (Å²) in [6.45, 7) is -0.757. The van der Waals surface area contributed by atoms with Crippen LogP contribution in [0.2, 0.25) is 0 Å². The molecule has 0 unspecified atom stereocenters. The number of ether oxygens (including phenoxy) is 2. The fraction of sp³-hybridized carbons (Fsp3) is 0.500. The first-order valence-electron chi connectivity index (χ1n) is 10.6. The van der Waals surface area contributed by atoms with Crippen LogP contribution in [-0.4, -0.2) is 6.61 Å². The van der Waals surface area contributed by atoms with Gasteiger partial charge in [-0.25, -0.2) is 0 Å². The third kappa shape index (κ3) is 6.13. The summed E-state index contributed by atoms with van der Waals surface area (Å²) in [5, 5.41) is 0. The van der Waals surface area contributed by atoms with Gasteiger partial charge in [-0.15, -0.1) is 0 Å². The summed E-state index contributed by atoms with van der Waals surface area (Å²) >= 11 is 0. The van der Waals surface area contributed by atoms with E-state index in [4.69, 9.17) is 4.74 Å². The Hall–Kier alpha value is -2.24. The molecule has 6 heteroatoms. The van der Waals surface area contributed by atoms with E-state index >= 15 is 0 Å². The summed E-state index contributed by atoms with van der Waals surface area (Å²) in [5.74, 6) is 0.982. The fourth-order valence-corrected chi connectivity index (χ4v) is 4.12. The van der Waals surface area contributed by atoms with Gasteiger partial charge in [-0.3, -0.25) is 0 Å². The minimum atomic E-state index is -3.53. The van der Waals surface area contributed by atoms with Gasteiger partial charge >= 0.3 is 12.7 Å². The fourth-order valence-electron chi connectivity index (χ4n) is 4.12. The van der Waals surface area contributed by atoms with Gasteiger partial charge in [0.15, 0.2) is 0 Å². The monoisotopic (exact) mass is 424 g/mol. The molecular weight excluding hydrogens is 396 g/mol. The van der Waals surface area contributed by atoms with Crippen LogP contribution in [0.3, 0.4) is 0 Å².